The van der Waals surface area contributed by atoms with E-state index in [9.17, 15) is 67.8 Å². The van der Waals surface area contributed by atoms with E-state index in [1.54, 1.807) is 0 Å². The fourth-order valence-corrected chi connectivity index (χ4v) is 8.29. The summed E-state index contributed by atoms with van der Waals surface area (Å²) in [6, 6.07) is 0. The molecule has 7 unspecified atom stereocenters. The van der Waals surface area contributed by atoms with Gasteiger partial charge in [0.1, 0.15) is 36.3 Å². The Morgan fingerprint density at radius 2 is 1.70 bits per heavy atom. The van der Waals surface area contributed by atoms with Crippen molar-refractivity contribution in [1.29, 1.82) is 0 Å². The van der Waals surface area contributed by atoms with Gasteiger partial charge in [0.25, 0.3) is 0 Å². The van der Waals surface area contributed by atoms with Gasteiger partial charge in [-0.15, -0.1) is 0 Å². The normalized spacial score (nSPS) is 21.2. The van der Waals surface area contributed by atoms with Crippen molar-refractivity contribution < 1.29 is 109 Å². The number of ether oxygens (including phenoxy) is 1. The van der Waals surface area contributed by atoms with Gasteiger partial charge in [-0.2, -0.15) is 4.31 Å². The minimum absolute atomic E-state index is 0. The summed E-state index contributed by atoms with van der Waals surface area (Å²) in [5.41, 5.74) is 4.20. The molecule has 57 heavy (non-hydrogen) atoms. The van der Waals surface area contributed by atoms with E-state index in [1.807, 2.05) is 0 Å². The number of rotatable bonds is 23. The number of anilines is 1. The number of amides is 2. The summed E-state index contributed by atoms with van der Waals surface area (Å²) < 4.78 is 61.9. The molecule has 1 aliphatic rings. The van der Waals surface area contributed by atoms with Crippen LogP contribution in [0, 0.1) is 5.41 Å². The zero-order valence-electron chi connectivity index (χ0n) is 30.5. The number of nitrogen functional groups attached to an aromatic ring is 1. The number of hydrogen-bond acceptors (Lipinski definition) is 20. The molecular weight excluding hydrogens is 846 g/mol. The number of nitrogens with zero attached hydrogens (tertiary/aromatic N) is 4. The van der Waals surface area contributed by atoms with Crippen molar-refractivity contribution in [1.82, 2.24) is 30.2 Å². The molecular formula is C26H41LiN7O19P3S. The van der Waals surface area contributed by atoms with Crippen molar-refractivity contribution in [2.75, 3.05) is 37.8 Å². The number of aliphatic hydroxyl groups is 2. The standard InChI is InChI=1S/C26H42N7O19P3S.Li/c1-26(2,21(39)24(40)29-7-6-15(34)28-8-9-56-17(37)5-3-4-16(35)36)11-49-55(46,47)52-54(44,45)48-10-14-20(51-53(41,42)43)19(38)25(50-14)33-13-32-18-22(27)30-12-31-23(18)33;/h12-14,19-21,25,38-39H,3-11H2,1-2H3,(H,28,34)(H,29,40)(H,35,36)(H,44,45)(H,46,47)(H2,27,30,31)(H2,41,42,43);/q;+1/p-1. The second-order valence-electron chi connectivity index (χ2n) is 12.5. The number of nitrogens with one attached hydrogen (secondary N) is 2. The van der Waals surface area contributed by atoms with Gasteiger partial charge in [-0.3, -0.25) is 32.5 Å². The average molecular weight is 888 g/mol. The Bertz CT molecular complexity index is 1870. The zero-order valence-corrected chi connectivity index (χ0v) is 34.0. The molecule has 2 aromatic rings. The third kappa shape index (κ3) is 16.3. The largest absolute Gasteiger partial charge is 1.00 e. The Balaban J connectivity index is 0.0000112. The van der Waals surface area contributed by atoms with Crippen LogP contribution in [0.4, 0.5) is 5.82 Å². The molecule has 0 spiro atoms. The SMILES string of the molecule is CC(C)(COP(=O)(O)OP(=O)(O)OCC1OC(n2cnc3c(N)ncnc32)C(O)C1OP(=O)(O)O)C(O)C(=O)NCCC(=O)NCCSC(=O)CCCC(=O)[O-].[Li+]. The Morgan fingerprint density at radius 3 is 2.35 bits per heavy atom. The van der Waals surface area contributed by atoms with Gasteiger partial charge in [0, 0.05) is 43.1 Å². The number of carboxylic acids is 1. The smallest absolute Gasteiger partial charge is 0.550 e. The molecule has 0 aliphatic carbocycles. The van der Waals surface area contributed by atoms with Crippen LogP contribution in [0.3, 0.4) is 0 Å². The molecule has 3 rings (SSSR count). The quantitative estimate of drug-likeness (QED) is 0.0286. The van der Waals surface area contributed by atoms with Gasteiger partial charge in [0.15, 0.2) is 22.8 Å². The second kappa shape index (κ2) is 21.8. The number of hydrogen-bond donors (Lipinski definition) is 9. The van der Waals surface area contributed by atoms with Gasteiger partial charge in [0.05, 0.1) is 19.5 Å². The van der Waals surface area contributed by atoms with E-state index in [1.165, 1.54) is 13.8 Å². The monoisotopic (exact) mass is 887 g/mol. The van der Waals surface area contributed by atoms with Crippen molar-refractivity contribution in [3.63, 3.8) is 0 Å². The number of carboxylic acid groups (broad SMARTS) is 1. The number of carbonyl (C=O) groups is 4. The van der Waals surface area contributed by atoms with Crippen molar-refractivity contribution in [2.24, 2.45) is 5.41 Å². The maximum absolute atomic E-state index is 12.7. The fourth-order valence-electron chi connectivity index (χ4n) is 4.74. The second-order valence-corrected chi connectivity index (χ2v) is 17.9. The van der Waals surface area contributed by atoms with E-state index in [4.69, 9.17) is 19.5 Å². The maximum Gasteiger partial charge on any atom is 1.00 e. The molecule has 7 atom stereocenters. The molecule has 31 heteroatoms. The Morgan fingerprint density at radius 1 is 1.04 bits per heavy atom. The molecule has 0 saturated carbocycles. The minimum Gasteiger partial charge on any atom is -0.550 e. The number of imidazole rings is 1. The van der Waals surface area contributed by atoms with Gasteiger partial charge >= 0.3 is 42.3 Å². The van der Waals surface area contributed by atoms with Crippen LogP contribution >= 0.6 is 35.2 Å². The van der Waals surface area contributed by atoms with Crippen LogP contribution in [0.1, 0.15) is 45.8 Å². The summed E-state index contributed by atoms with van der Waals surface area (Å²) in [6.07, 6.45) is -7.15. The zero-order chi connectivity index (χ0) is 42.1. The van der Waals surface area contributed by atoms with Crippen LogP contribution < -0.4 is 40.3 Å². The molecule has 2 amide bonds. The third-order valence-corrected chi connectivity index (χ3v) is 11.6. The minimum atomic E-state index is -5.59. The first-order chi connectivity index (χ1) is 25.9. The van der Waals surface area contributed by atoms with Gasteiger partial charge in [-0.1, -0.05) is 25.6 Å². The molecule has 0 bridgehead atoms. The number of thioether (sulfide) groups is 1. The predicted molar refractivity (Wildman–Crippen MR) is 186 cm³/mol. The van der Waals surface area contributed by atoms with Gasteiger partial charge in [-0.25, -0.2) is 28.6 Å². The Hall–Kier alpha value is -2.37. The van der Waals surface area contributed by atoms with E-state index in [2.05, 4.69) is 34.4 Å². The summed E-state index contributed by atoms with van der Waals surface area (Å²) >= 11 is 0.909. The number of aliphatic carboxylic acids is 1. The van der Waals surface area contributed by atoms with Gasteiger partial charge < -0.3 is 60.8 Å². The predicted octanol–water partition coefficient (Wildman–Crippen LogP) is -5.41. The molecule has 3 heterocycles. The van der Waals surface area contributed by atoms with Gasteiger partial charge in [-0.05, 0) is 12.8 Å². The molecule has 1 fully saturated rings. The number of carbonyl (C=O) groups excluding carboxylic acids is 4. The van der Waals surface area contributed by atoms with Crippen molar-refractivity contribution in [3.05, 3.63) is 12.7 Å². The molecule has 0 aromatic carbocycles. The van der Waals surface area contributed by atoms with Crippen molar-refractivity contribution in [2.45, 2.75) is 70.2 Å². The van der Waals surface area contributed by atoms with E-state index >= 15 is 0 Å². The first-order valence-electron chi connectivity index (χ1n) is 16.2. The van der Waals surface area contributed by atoms with Crippen molar-refractivity contribution >= 4 is 75.1 Å². The van der Waals surface area contributed by atoms with Crippen LogP contribution in [0.25, 0.3) is 11.2 Å². The molecule has 1 saturated heterocycles. The van der Waals surface area contributed by atoms with E-state index in [0.29, 0.717) is 0 Å². The van der Waals surface area contributed by atoms with Crippen LogP contribution in [0.2, 0.25) is 0 Å². The van der Waals surface area contributed by atoms with E-state index < -0.39 is 90.5 Å². The first kappa shape index (κ1) is 50.8. The molecule has 10 N–H and O–H groups in total. The molecule has 26 nitrogen and oxygen atoms in total. The average Bonchev–Trinajstić information content (AvgIpc) is 3.64. The molecule has 2 aromatic heterocycles. The summed E-state index contributed by atoms with van der Waals surface area (Å²) in [5, 5.41) is 36.3. The number of phosphoric acid groups is 3. The fraction of sp³-hybridized carbons (Fsp3) is 0.654. The van der Waals surface area contributed by atoms with Crippen molar-refractivity contribution in [3.8, 4) is 0 Å². The maximum atomic E-state index is 12.7. The first-order valence-corrected chi connectivity index (χ1v) is 21.7. The number of aliphatic hydroxyl groups excluding tert-OH is 2. The number of nitrogens with two attached hydrogens (primary N) is 1. The summed E-state index contributed by atoms with van der Waals surface area (Å²) in [7, 11) is -16.4. The van der Waals surface area contributed by atoms with Crippen LogP contribution in [-0.2, 0) is 55.5 Å². The molecule has 316 valence electrons. The van der Waals surface area contributed by atoms with Gasteiger partial charge in [0.2, 0.25) is 11.8 Å². The van der Waals surface area contributed by atoms with E-state index in [-0.39, 0.29) is 85.5 Å². The number of fused-ring (bicyclic) bond motifs is 1. The van der Waals surface area contributed by atoms with E-state index in [0.717, 1.165) is 29.0 Å². The number of aromatic nitrogens is 4. The summed E-state index contributed by atoms with van der Waals surface area (Å²) in [6.45, 7) is 0.243. The Labute approximate surface area is 339 Å². The molecule has 1 aliphatic heterocycles. The summed E-state index contributed by atoms with van der Waals surface area (Å²) in [4.78, 5) is 97.4. The molecule has 0 radical (unpaired) electrons. The van der Waals surface area contributed by atoms with Crippen LogP contribution in [-0.4, -0.2) is 129 Å². The van der Waals surface area contributed by atoms with Crippen LogP contribution in [0.15, 0.2) is 12.7 Å². The topological polar surface area (TPSA) is 404 Å². The van der Waals surface area contributed by atoms with Crippen LogP contribution in [0.5, 0.6) is 0 Å². The summed E-state index contributed by atoms with van der Waals surface area (Å²) in [5.74, 6) is -2.61. The number of phosphoric ester groups is 3. The third-order valence-electron chi connectivity index (χ3n) is 7.53. The Kier molecular flexibility index (Phi) is 19.4.